The van der Waals surface area contributed by atoms with Crippen LogP contribution >= 0.6 is 0 Å². The van der Waals surface area contributed by atoms with Gasteiger partial charge in [0.15, 0.2) is 12.3 Å². The van der Waals surface area contributed by atoms with Gasteiger partial charge in [0.2, 0.25) is 0 Å². The van der Waals surface area contributed by atoms with E-state index in [1.165, 1.54) is 13.3 Å². The molecule has 11 nitrogen and oxygen atoms in total. The fraction of sp³-hybridized carbons (Fsp3) is 0.357. The highest BCUT2D eigenvalue weighted by molar-refractivity contribution is 5.90. The molecule has 0 aliphatic carbocycles. The third-order valence-electron chi connectivity index (χ3n) is 6.20. The molecule has 4 rings (SSSR count). The van der Waals surface area contributed by atoms with Crippen molar-refractivity contribution in [3.05, 3.63) is 104 Å². The normalized spacial score (nSPS) is 20.5. The van der Waals surface area contributed by atoms with Crippen LogP contribution in [0.1, 0.15) is 38.1 Å². The van der Waals surface area contributed by atoms with Gasteiger partial charge in [-0.2, -0.15) is 0 Å². The van der Waals surface area contributed by atoms with Gasteiger partial charge in [0, 0.05) is 19.4 Å². The molecule has 0 radical (unpaired) electrons. The van der Waals surface area contributed by atoms with Gasteiger partial charge in [0.05, 0.1) is 24.3 Å². The predicted molar refractivity (Wildman–Crippen MR) is 139 cm³/mol. The van der Waals surface area contributed by atoms with Crippen LogP contribution in [0.15, 0.2) is 70.4 Å². The topological polar surface area (TPSA) is 135 Å². The molecule has 1 fully saturated rings. The summed E-state index contributed by atoms with van der Waals surface area (Å²) in [5, 5.41) is 0. The van der Waals surface area contributed by atoms with Gasteiger partial charge in [-0.3, -0.25) is 14.3 Å². The SMILES string of the molecule is COCCO[C@@H]1[C@H](OC(=O)c2ccc(C)cc2)[C@@H](COC(=O)c2ccc(C)cc2)O[C@H]1n1ccc(=O)[nH]c1=O. The number of carbonyl (C=O) groups is 2. The van der Waals surface area contributed by atoms with Gasteiger partial charge in [-0.25, -0.2) is 14.4 Å². The predicted octanol–water partition coefficient (Wildman–Crippen LogP) is 2.17. The molecule has 1 N–H and O–H groups in total. The molecule has 1 aliphatic heterocycles. The number of ether oxygens (including phenoxy) is 5. The number of methoxy groups -OCH3 is 1. The number of hydrogen-bond acceptors (Lipinski definition) is 9. The first kappa shape index (κ1) is 28.0. The Kier molecular flexibility index (Phi) is 9.07. The molecule has 0 saturated carbocycles. The lowest BCUT2D eigenvalue weighted by Crippen LogP contribution is -2.42. The number of esters is 2. The number of rotatable bonds is 10. The van der Waals surface area contributed by atoms with E-state index in [-0.39, 0.29) is 19.8 Å². The third kappa shape index (κ3) is 6.88. The maximum atomic E-state index is 13.1. The minimum Gasteiger partial charge on any atom is -0.459 e. The van der Waals surface area contributed by atoms with Gasteiger partial charge < -0.3 is 23.7 Å². The van der Waals surface area contributed by atoms with E-state index in [9.17, 15) is 19.2 Å². The zero-order valence-electron chi connectivity index (χ0n) is 21.8. The lowest BCUT2D eigenvalue weighted by Gasteiger charge is -2.25. The lowest BCUT2D eigenvalue weighted by molar-refractivity contribution is -0.0837. The van der Waals surface area contributed by atoms with Crippen LogP contribution < -0.4 is 11.2 Å². The van der Waals surface area contributed by atoms with E-state index < -0.39 is 47.7 Å². The number of nitrogens with zero attached hydrogens (tertiary/aromatic N) is 1. The average Bonchev–Trinajstić information content (AvgIpc) is 3.24. The summed E-state index contributed by atoms with van der Waals surface area (Å²) in [6.45, 7) is 3.81. The van der Waals surface area contributed by atoms with E-state index in [1.54, 1.807) is 48.5 Å². The Morgan fingerprint density at radius 2 is 1.49 bits per heavy atom. The Bertz CT molecular complexity index is 1400. The molecule has 2 heterocycles. The van der Waals surface area contributed by atoms with Crippen LogP contribution in [0.4, 0.5) is 0 Å². The fourth-order valence-corrected chi connectivity index (χ4v) is 4.09. The van der Waals surface area contributed by atoms with E-state index in [0.717, 1.165) is 21.8 Å². The second-order valence-corrected chi connectivity index (χ2v) is 9.11. The first-order chi connectivity index (χ1) is 18.8. The van der Waals surface area contributed by atoms with Crippen molar-refractivity contribution in [3.8, 4) is 0 Å². The molecule has 3 aromatic rings. The minimum atomic E-state index is -1.11. The van der Waals surface area contributed by atoms with Gasteiger partial charge in [-0.05, 0) is 38.1 Å². The Balaban J connectivity index is 1.63. The van der Waals surface area contributed by atoms with Crippen molar-refractivity contribution in [3.63, 3.8) is 0 Å². The minimum absolute atomic E-state index is 0.0909. The van der Waals surface area contributed by atoms with Crippen molar-refractivity contribution in [2.75, 3.05) is 26.9 Å². The summed E-state index contributed by atoms with van der Waals surface area (Å²) < 4.78 is 29.7. The molecule has 11 heteroatoms. The molecular weight excluding hydrogens is 508 g/mol. The van der Waals surface area contributed by atoms with E-state index >= 15 is 0 Å². The number of H-pyrrole nitrogens is 1. The Morgan fingerprint density at radius 3 is 2.08 bits per heavy atom. The zero-order valence-corrected chi connectivity index (χ0v) is 21.8. The zero-order chi connectivity index (χ0) is 27.9. The Labute approximate surface area is 224 Å². The summed E-state index contributed by atoms with van der Waals surface area (Å²) in [4.78, 5) is 52.3. The van der Waals surface area contributed by atoms with Crippen LogP contribution in [0.25, 0.3) is 0 Å². The highest BCUT2D eigenvalue weighted by Gasteiger charge is 2.50. The Morgan fingerprint density at radius 1 is 0.872 bits per heavy atom. The summed E-state index contributed by atoms with van der Waals surface area (Å²) in [6, 6.07) is 14.8. The summed E-state index contributed by atoms with van der Waals surface area (Å²) >= 11 is 0. The van der Waals surface area contributed by atoms with Crippen LogP contribution in [0.3, 0.4) is 0 Å². The summed E-state index contributed by atoms with van der Waals surface area (Å²) in [5.41, 5.74) is 1.27. The number of nitrogens with one attached hydrogen (secondary N) is 1. The van der Waals surface area contributed by atoms with Crippen molar-refractivity contribution in [1.82, 2.24) is 9.55 Å². The number of aromatic amines is 1. The number of hydrogen-bond donors (Lipinski definition) is 1. The largest absolute Gasteiger partial charge is 0.459 e. The summed E-state index contributed by atoms with van der Waals surface area (Å²) in [7, 11) is 1.50. The summed E-state index contributed by atoms with van der Waals surface area (Å²) in [6.07, 6.45) is -2.92. The first-order valence-corrected chi connectivity index (χ1v) is 12.4. The smallest absolute Gasteiger partial charge is 0.338 e. The lowest BCUT2D eigenvalue weighted by atomic mass is 10.1. The molecule has 1 aromatic heterocycles. The van der Waals surface area contributed by atoms with Crippen LogP contribution in [0, 0.1) is 13.8 Å². The molecule has 1 aliphatic rings. The van der Waals surface area contributed by atoms with E-state index in [2.05, 4.69) is 4.98 Å². The highest BCUT2D eigenvalue weighted by Crippen LogP contribution is 2.34. The monoisotopic (exact) mass is 538 g/mol. The van der Waals surface area contributed by atoms with E-state index in [1.807, 2.05) is 13.8 Å². The molecule has 4 atom stereocenters. The second kappa shape index (κ2) is 12.7. The average molecular weight is 539 g/mol. The molecule has 39 heavy (non-hydrogen) atoms. The molecule has 206 valence electrons. The molecular formula is C28H30N2O9. The molecule has 0 spiro atoms. The highest BCUT2D eigenvalue weighted by atomic mass is 16.6. The maximum absolute atomic E-state index is 13.1. The summed E-state index contributed by atoms with van der Waals surface area (Å²) in [5.74, 6) is -1.24. The number of benzene rings is 2. The van der Waals surface area contributed by atoms with Gasteiger partial charge in [-0.15, -0.1) is 0 Å². The maximum Gasteiger partial charge on any atom is 0.338 e. The molecule has 0 bridgehead atoms. The number of aromatic nitrogens is 2. The van der Waals surface area contributed by atoms with Crippen molar-refractivity contribution < 1.29 is 33.3 Å². The third-order valence-corrected chi connectivity index (χ3v) is 6.20. The quantitative estimate of drug-likeness (QED) is 0.304. The molecule has 0 unspecified atom stereocenters. The molecule has 2 aromatic carbocycles. The van der Waals surface area contributed by atoms with Crippen molar-refractivity contribution in [1.29, 1.82) is 0 Å². The van der Waals surface area contributed by atoms with Gasteiger partial charge in [0.1, 0.15) is 18.8 Å². The molecule has 0 amide bonds. The van der Waals surface area contributed by atoms with Crippen molar-refractivity contribution in [2.45, 2.75) is 38.4 Å². The van der Waals surface area contributed by atoms with Crippen LogP contribution in [-0.2, 0) is 23.7 Å². The second-order valence-electron chi connectivity index (χ2n) is 9.11. The number of carbonyl (C=O) groups excluding carboxylic acids is 2. The van der Waals surface area contributed by atoms with Crippen LogP contribution in [0.2, 0.25) is 0 Å². The van der Waals surface area contributed by atoms with Gasteiger partial charge in [-0.1, -0.05) is 35.4 Å². The fourth-order valence-electron chi connectivity index (χ4n) is 4.09. The van der Waals surface area contributed by atoms with Crippen molar-refractivity contribution in [2.24, 2.45) is 0 Å². The van der Waals surface area contributed by atoms with Crippen LogP contribution in [-0.4, -0.2) is 66.7 Å². The van der Waals surface area contributed by atoms with E-state index in [4.69, 9.17) is 23.7 Å². The van der Waals surface area contributed by atoms with E-state index in [0.29, 0.717) is 11.1 Å². The van der Waals surface area contributed by atoms with Gasteiger partial charge >= 0.3 is 17.6 Å². The van der Waals surface area contributed by atoms with Crippen LogP contribution in [0.5, 0.6) is 0 Å². The standard InChI is InChI=1S/C28H30N2O9/c1-17-4-8-19(9-5-17)26(32)37-16-21-23(39-27(33)20-10-6-18(2)7-11-20)24(36-15-14-35-3)25(38-21)30-13-12-22(31)29-28(30)34/h4-13,21,23-25H,14-16H2,1-3H3,(H,29,31,34)/t21-,23-,24-,25-/m1/s1. The van der Waals surface area contributed by atoms with Gasteiger partial charge in [0.25, 0.3) is 5.56 Å². The molecule has 1 saturated heterocycles. The Hall–Kier alpha value is -4.06. The number of aryl methyl sites for hydroxylation is 2. The first-order valence-electron chi connectivity index (χ1n) is 12.4. The van der Waals surface area contributed by atoms with Crippen molar-refractivity contribution >= 4 is 11.9 Å².